The summed E-state index contributed by atoms with van der Waals surface area (Å²) < 4.78 is 5.67. The van der Waals surface area contributed by atoms with Crippen molar-refractivity contribution in [2.24, 2.45) is 0 Å². The van der Waals surface area contributed by atoms with Crippen LogP contribution in [0.15, 0.2) is 30.5 Å². The van der Waals surface area contributed by atoms with Crippen molar-refractivity contribution in [3.8, 4) is 6.01 Å². The highest BCUT2D eigenvalue weighted by Crippen LogP contribution is 2.33. The van der Waals surface area contributed by atoms with E-state index in [0.717, 1.165) is 47.6 Å². The molecule has 0 atom stereocenters. The third-order valence-corrected chi connectivity index (χ3v) is 4.21. The molecule has 2 aromatic heterocycles. The van der Waals surface area contributed by atoms with Crippen molar-refractivity contribution in [3.63, 3.8) is 0 Å². The van der Waals surface area contributed by atoms with Gasteiger partial charge in [0.15, 0.2) is 0 Å². The van der Waals surface area contributed by atoms with Gasteiger partial charge in [-0.05, 0) is 25.0 Å². The number of aromatic nitrogens is 3. The summed E-state index contributed by atoms with van der Waals surface area (Å²) in [5.41, 5.74) is 10.3. The van der Waals surface area contributed by atoms with Crippen LogP contribution in [0.1, 0.15) is 36.6 Å². The van der Waals surface area contributed by atoms with Gasteiger partial charge in [-0.25, -0.2) is 0 Å². The molecule has 6 nitrogen and oxygen atoms in total. The van der Waals surface area contributed by atoms with Crippen molar-refractivity contribution in [2.45, 2.75) is 39.7 Å². The van der Waals surface area contributed by atoms with Crippen molar-refractivity contribution in [3.05, 3.63) is 47.3 Å². The minimum atomic E-state index is 0.351. The molecule has 2 N–H and O–H groups in total. The molecule has 0 aliphatic carbocycles. The summed E-state index contributed by atoms with van der Waals surface area (Å²) in [6.07, 6.45) is 4.64. The summed E-state index contributed by atoms with van der Waals surface area (Å²) in [5.74, 6) is 1.32. The van der Waals surface area contributed by atoms with Gasteiger partial charge in [-0.1, -0.05) is 31.6 Å². The summed E-state index contributed by atoms with van der Waals surface area (Å²) in [4.78, 5) is 15.5. The maximum Gasteiger partial charge on any atom is 0.320 e. The number of hydrogen-bond donors (Lipinski definition) is 1. The molecule has 0 aromatic carbocycles. The largest absolute Gasteiger partial charge is 0.463 e. The molecule has 1 aliphatic heterocycles. The van der Waals surface area contributed by atoms with Gasteiger partial charge in [0.05, 0.1) is 6.61 Å². The maximum absolute atomic E-state index is 6.17. The molecule has 0 amide bonds. The van der Waals surface area contributed by atoms with E-state index in [2.05, 4.69) is 39.4 Å². The monoisotopic (exact) mass is 339 g/mol. The number of ether oxygens (including phenoxy) is 1. The quantitative estimate of drug-likeness (QED) is 0.644. The molecule has 0 fully saturated rings. The third kappa shape index (κ3) is 4.07. The van der Waals surface area contributed by atoms with Gasteiger partial charge < -0.3 is 15.4 Å². The Hall–Kier alpha value is -2.63. The molecule has 0 bridgehead atoms. The summed E-state index contributed by atoms with van der Waals surface area (Å²) in [6, 6.07) is 4.45. The highest BCUT2D eigenvalue weighted by Gasteiger charge is 2.25. The van der Waals surface area contributed by atoms with Crippen molar-refractivity contribution >= 4 is 11.6 Å². The molecule has 1 aliphatic rings. The summed E-state index contributed by atoms with van der Waals surface area (Å²) in [6.45, 7) is 10.3. The fourth-order valence-corrected chi connectivity index (χ4v) is 2.87. The Morgan fingerprint density at radius 3 is 2.88 bits per heavy atom. The Bertz CT molecular complexity index is 757. The summed E-state index contributed by atoms with van der Waals surface area (Å²) in [5, 5.41) is 0. The molecule has 6 heteroatoms. The molecule has 0 saturated heterocycles. The van der Waals surface area contributed by atoms with Crippen molar-refractivity contribution in [1.82, 2.24) is 15.0 Å². The van der Waals surface area contributed by atoms with E-state index in [9.17, 15) is 0 Å². The Kier molecular flexibility index (Phi) is 5.16. The lowest BCUT2D eigenvalue weighted by molar-refractivity contribution is 0.285. The van der Waals surface area contributed by atoms with Crippen molar-refractivity contribution < 1.29 is 4.74 Å². The van der Waals surface area contributed by atoms with Gasteiger partial charge in [0.2, 0.25) is 0 Å². The molecular weight excluding hydrogens is 314 g/mol. The van der Waals surface area contributed by atoms with Crippen LogP contribution in [0.25, 0.3) is 0 Å². The molecule has 25 heavy (non-hydrogen) atoms. The molecule has 0 unspecified atom stereocenters. The Balaban J connectivity index is 1.88. The molecule has 0 radical (unpaired) electrons. The zero-order valence-corrected chi connectivity index (χ0v) is 15.0. The number of nitrogens with two attached hydrogens (primary N) is 1. The van der Waals surface area contributed by atoms with Gasteiger partial charge >= 0.3 is 6.01 Å². The Labute approximate surface area is 148 Å². The maximum atomic E-state index is 6.17. The second kappa shape index (κ2) is 7.51. The number of hydrogen-bond acceptors (Lipinski definition) is 6. The van der Waals surface area contributed by atoms with E-state index in [1.54, 1.807) is 0 Å². The van der Waals surface area contributed by atoms with Gasteiger partial charge in [0, 0.05) is 37.0 Å². The zero-order chi connectivity index (χ0) is 17.8. The predicted octanol–water partition coefficient (Wildman–Crippen LogP) is 3.06. The average Bonchev–Trinajstić information content (AvgIpc) is 2.58. The molecule has 0 saturated carbocycles. The minimum absolute atomic E-state index is 0.351. The first kappa shape index (κ1) is 17.2. The van der Waals surface area contributed by atoms with Crippen LogP contribution >= 0.6 is 0 Å². The van der Waals surface area contributed by atoms with E-state index in [1.807, 2.05) is 19.2 Å². The number of nitrogens with zero attached hydrogens (tertiary/aromatic N) is 4. The third-order valence-electron chi connectivity index (χ3n) is 4.21. The van der Waals surface area contributed by atoms with E-state index >= 15 is 0 Å². The normalized spacial score (nSPS) is 13.7. The SMILES string of the molecule is C=C1Cc2c(N)nc(OCCCC)nc2N(Cc2ccc(C)nc2)C1. The van der Waals surface area contributed by atoms with E-state index < -0.39 is 0 Å². The first-order valence-corrected chi connectivity index (χ1v) is 8.69. The average molecular weight is 339 g/mol. The number of nitrogen functional groups attached to an aromatic ring is 1. The van der Waals surface area contributed by atoms with E-state index in [1.165, 1.54) is 0 Å². The van der Waals surface area contributed by atoms with Gasteiger partial charge in [-0.2, -0.15) is 9.97 Å². The van der Waals surface area contributed by atoms with Crippen LogP contribution in [-0.2, 0) is 13.0 Å². The first-order valence-electron chi connectivity index (χ1n) is 8.69. The van der Waals surface area contributed by atoms with Crippen LogP contribution in [0.2, 0.25) is 0 Å². The van der Waals surface area contributed by atoms with E-state index in [0.29, 0.717) is 31.4 Å². The lowest BCUT2D eigenvalue weighted by atomic mass is 10.0. The van der Waals surface area contributed by atoms with Crippen LogP contribution in [0, 0.1) is 6.92 Å². The summed E-state index contributed by atoms with van der Waals surface area (Å²) >= 11 is 0. The number of anilines is 2. The highest BCUT2D eigenvalue weighted by molar-refractivity contribution is 5.62. The van der Waals surface area contributed by atoms with Gasteiger partial charge in [0.1, 0.15) is 11.6 Å². The fraction of sp³-hybridized carbons (Fsp3) is 0.421. The predicted molar refractivity (Wildman–Crippen MR) is 99.7 cm³/mol. The van der Waals surface area contributed by atoms with Gasteiger partial charge in [-0.15, -0.1) is 0 Å². The van der Waals surface area contributed by atoms with E-state index in [-0.39, 0.29) is 0 Å². The minimum Gasteiger partial charge on any atom is -0.463 e. The van der Waals surface area contributed by atoms with Gasteiger partial charge in [0.25, 0.3) is 0 Å². The zero-order valence-electron chi connectivity index (χ0n) is 15.0. The van der Waals surface area contributed by atoms with Crippen LogP contribution < -0.4 is 15.4 Å². The fourth-order valence-electron chi connectivity index (χ4n) is 2.87. The number of aryl methyl sites for hydroxylation is 1. The molecule has 3 rings (SSSR count). The number of unbranched alkanes of at least 4 members (excludes halogenated alkanes) is 1. The second-order valence-corrected chi connectivity index (χ2v) is 6.49. The van der Waals surface area contributed by atoms with Crippen LogP contribution in [0.5, 0.6) is 6.01 Å². The lowest BCUT2D eigenvalue weighted by Gasteiger charge is -2.32. The molecule has 132 valence electrons. The lowest BCUT2D eigenvalue weighted by Crippen LogP contribution is -2.32. The molecule has 0 spiro atoms. The van der Waals surface area contributed by atoms with Crippen molar-refractivity contribution in [2.75, 3.05) is 23.8 Å². The standard InChI is InChI=1S/C19H25N5O/c1-4-5-8-25-19-22-17(20)16-9-13(2)11-24(18(16)23-19)12-15-7-6-14(3)21-10-15/h6-7,10H,2,4-5,8-9,11-12H2,1,3H3,(H2,20,22,23). The van der Waals surface area contributed by atoms with Crippen molar-refractivity contribution in [1.29, 1.82) is 0 Å². The number of rotatable bonds is 6. The Morgan fingerprint density at radius 1 is 1.32 bits per heavy atom. The van der Waals surface area contributed by atoms with Gasteiger partial charge in [-0.3, -0.25) is 4.98 Å². The topological polar surface area (TPSA) is 77.2 Å². The second-order valence-electron chi connectivity index (χ2n) is 6.49. The van der Waals surface area contributed by atoms with Crippen LogP contribution in [0.3, 0.4) is 0 Å². The first-order chi connectivity index (χ1) is 12.1. The van der Waals surface area contributed by atoms with Crippen LogP contribution in [-0.4, -0.2) is 28.1 Å². The molecule has 3 heterocycles. The molecule has 2 aromatic rings. The molecular formula is C19H25N5O. The number of pyridine rings is 1. The Morgan fingerprint density at radius 2 is 2.16 bits per heavy atom. The smallest absolute Gasteiger partial charge is 0.320 e. The van der Waals surface area contributed by atoms with E-state index in [4.69, 9.17) is 10.5 Å². The van der Waals surface area contributed by atoms with Crippen LogP contribution in [0.4, 0.5) is 11.6 Å². The summed E-state index contributed by atoms with van der Waals surface area (Å²) in [7, 11) is 0. The highest BCUT2D eigenvalue weighted by atomic mass is 16.5. The number of fused-ring (bicyclic) bond motifs is 1.